The smallest absolute Gasteiger partial charge is 0.223 e. The quantitative estimate of drug-likeness (QED) is 0.417. The molecule has 0 radical (unpaired) electrons. The molecule has 0 aliphatic heterocycles. The van der Waals surface area contributed by atoms with E-state index in [-0.39, 0.29) is 5.41 Å². The Morgan fingerprint density at radius 2 is 2.12 bits per heavy atom. The van der Waals surface area contributed by atoms with Gasteiger partial charge in [0.2, 0.25) is 5.95 Å². The van der Waals surface area contributed by atoms with Gasteiger partial charge < -0.3 is 14.9 Å². The van der Waals surface area contributed by atoms with E-state index in [0.29, 0.717) is 40.5 Å². The minimum Gasteiger partial charge on any atom is -0.593 e. The molecule has 2 aromatic heterocycles. The molecule has 0 spiro atoms. The Hall–Kier alpha value is -2.80. The van der Waals surface area contributed by atoms with Crippen LogP contribution >= 0.6 is 11.6 Å². The van der Waals surface area contributed by atoms with Crippen LogP contribution in [0.25, 0.3) is 22.6 Å². The lowest BCUT2D eigenvalue weighted by molar-refractivity contribution is 0.605. The van der Waals surface area contributed by atoms with Crippen LogP contribution in [0.1, 0.15) is 37.4 Å². The summed E-state index contributed by atoms with van der Waals surface area (Å²) in [7, 11) is 0. The summed E-state index contributed by atoms with van der Waals surface area (Å²) in [6.45, 7) is 0.532. The molecule has 1 aromatic carbocycles. The van der Waals surface area contributed by atoms with E-state index in [4.69, 9.17) is 16.6 Å². The van der Waals surface area contributed by atoms with Crippen molar-refractivity contribution in [2.75, 3.05) is 22.8 Å². The second-order valence-corrected chi connectivity index (χ2v) is 9.84. The van der Waals surface area contributed by atoms with Crippen LogP contribution in [0.4, 0.5) is 11.6 Å². The zero-order valence-electron chi connectivity index (χ0n) is 17.5. The lowest BCUT2D eigenvalue weighted by Gasteiger charge is -2.12. The Balaban J connectivity index is 1.52. The number of aromatic amines is 1. The third-order valence-electron chi connectivity index (χ3n) is 5.78. The van der Waals surface area contributed by atoms with Gasteiger partial charge in [-0.25, -0.2) is 19.7 Å². The largest absolute Gasteiger partial charge is 0.593 e. The second-order valence-electron chi connectivity index (χ2n) is 8.35. The maximum absolute atomic E-state index is 11.7. The highest BCUT2D eigenvalue weighted by Gasteiger charge is 2.43. The van der Waals surface area contributed by atoms with Gasteiger partial charge in [-0.1, -0.05) is 23.7 Å². The van der Waals surface area contributed by atoms with Crippen molar-refractivity contribution in [3.8, 4) is 28.7 Å². The third-order valence-corrected chi connectivity index (χ3v) is 6.70. The zero-order valence-corrected chi connectivity index (χ0v) is 19.1. The summed E-state index contributed by atoms with van der Waals surface area (Å²) in [5.74, 6) is 1.80. The molecule has 3 aromatic rings. The topological polar surface area (TPSA) is 125 Å². The van der Waals surface area contributed by atoms with Gasteiger partial charge in [-0.2, -0.15) is 5.26 Å². The molecule has 2 saturated carbocycles. The van der Waals surface area contributed by atoms with E-state index in [9.17, 15) is 9.81 Å². The number of aromatic nitrogens is 4. The summed E-state index contributed by atoms with van der Waals surface area (Å²) in [4.78, 5) is 17.3. The molecule has 8 nitrogen and oxygen atoms in total. The highest BCUT2D eigenvalue weighted by atomic mass is 35.5. The number of benzene rings is 1. The van der Waals surface area contributed by atoms with Crippen molar-refractivity contribution in [3.63, 3.8) is 0 Å². The molecule has 1 atom stereocenters. The average molecular weight is 468 g/mol. The van der Waals surface area contributed by atoms with Crippen LogP contribution < -0.4 is 10.0 Å². The third kappa shape index (κ3) is 4.26. The highest BCUT2D eigenvalue weighted by molar-refractivity contribution is 7.92. The Morgan fingerprint density at radius 3 is 2.81 bits per heavy atom. The van der Waals surface area contributed by atoms with Crippen molar-refractivity contribution >= 4 is 34.6 Å². The molecular weight excluding hydrogens is 446 g/mol. The van der Waals surface area contributed by atoms with Crippen LogP contribution in [0, 0.1) is 16.7 Å². The molecule has 2 aliphatic rings. The van der Waals surface area contributed by atoms with Crippen LogP contribution in [-0.4, -0.2) is 37.3 Å². The van der Waals surface area contributed by atoms with Gasteiger partial charge in [0.25, 0.3) is 0 Å². The molecule has 32 heavy (non-hydrogen) atoms. The van der Waals surface area contributed by atoms with E-state index >= 15 is 0 Å². The number of anilines is 2. The first-order valence-electron chi connectivity index (χ1n) is 10.5. The fourth-order valence-corrected chi connectivity index (χ4v) is 4.38. The van der Waals surface area contributed by atoms with Crippen molar-refractivity contribution in [1.82, 2.24) is 19.9 Å². The highest BCUT2D eigenvalue weighted by Crippen LogP contribution is 2.45. The van der Waals surface area contributed by atoms with Gasteiger partial charge in [0.05, 0.1) is 45.0 Å². The van der Waals surface area contributed by atoms with Crippen molar-refractivity contribution < 1.29 is 4.55 Å². The monoisotopic (exact) mass is 467 g/mol. The number of nitriles is 1. The zero-order chi connectivity index (χ0) is 22.3. The summed E-state index contributed by atoms with van der Waals surface area (Å²) >= 11 is 5.43. The summed E-state index contributed by atoms with van der Waals surface area (Å²) in [6.07, 6.45) is 7.25. The fraction of sp³-hybridized carbons (Fsp3) is 0.364. The Bertz CT molecular complexity index is 1200. The average Bonchev–Trinajstić information content (AvgIpc) is 3.72. The van der Waals surface area contributed by atoms with Gasteiger partial charge >= 0.3 is 0 Å². The van der Waals surface area contributed by atoms with E-state index < -0.39 is 11.4 Å². The van der Waals surface area contributed by atoms with Gasteiger partial charge in [0, 0.05) is 24.2 Å². The second kappa shape index (κ2) is 8.28. The van der Waals surface area contributed by atoms with Crippen molar-refractivity contribution in [3.05, 3.63) is 41.3 Å². The number of nitrogens with zero attached hydrogens (tertiary/aromatic N) is 4. The molecule has 1 unspecified atom stereocenters. The lowest BCUT2D eigenvalue weighted by Crippen LogP contribution is -2.15. The summed E-state index contributed by atoms with van der Waals surface area (Å²) in [5.41, 5.74) is 3.17. The van der Waals surface area contributed by atoms with Crippen LogP contribution in [0.2, 0.25) is 5.02 Å². The van der Waals surface area contributed by atoms with Gasteiger partial charge in [0.15, 0.2) is 0 Å². The predicted octanol–water partition coefficient (Wildman–Crippen LogP) is 4.49. The number of hydrogen-bond donors (Lipinski definition) is 3. The minimum atomic E-state index is -1.25. The SMILES string of the molecule is C[S+]([O-])Nc1cccc(-c2nc(C3CC3)[nH]c2-c2ccnc(NCC3(C#N)CC3)n2)c1Cl. The molecular formula is C22H22ClN7OS. The molecule has 5 rings (SSSR count). The summed E-state index contributed by atoms with van der Waals surface area (Å²) in [5, 5.41) is 13.0. The minimum absolute atomic E-state index is 0.294. The Morgan fingerprint density at radius 1 is 1.31 bits per heavy atom. The lowest BCUT2D eigenvalue weighted by atomic mass is 10.1. The number of halogens is 1. The number of nitrogens with one attached hydrogen (secondary N) is 3. The van der Waals surface area contributed by atoms with Gasteiger partial charge in [-0.3, -0.25) is 0 Å². The molecule has 3 N–H and O–H groups in total. The standard InChI is InChI=1S/C22H22ClN7OS/c1-32(31)30-15-4-2-3-14(17(15)23)18-19(29-20(28-18)13-5-6-13)16-7-10-25-21(27-16)26-12-22(11-24)8-9-22/h2-4,7,10,13,30H,5-6,8-9,12H2,1H3,(H,28,29)(H,25,26,27). The predicted molar refractivity (Wildman–Crippen MR) is 125 cm³/mol. The van der Waals surface area contributed by atoms with E-state index in [0.717, 1.165) is 42.8 Å². The number of rotatable bonds is 8. The molecule has 2 heterocycles. The molecule has 0 bridgehead atoms. The molecule has 2 aliphatic carbocycles. The Kier molecular flexibility index (Phi) is 5.45. The molecule has 0 saturated heterocycles. The number of imidazole rings is 1. The normalized spacial score (nSPS) is 17.4. The summed E-state index contributed by atoms with van der Waals surface area (Å²) < 4.78 is 14.6. The van der Waals surface area contributed by atoms with Crippen molar-refractivity contribution in [2.24, 2.45) is 5.41 Å². The van der Waals surface area contributed by atoms with Crippen molar-refractivity contribution in [2.45, 2.75) is 31.6 Å². The van der Waals surface area contributed by atoms with Crippen molar-refractivity contribution in [1.29, 1.82) is 5.26 Å². The van der Waals surface area contributed by atoms with Crippen LogP contribution in [0.5, 0.6) is 0 Å². The Labute approximate surface area is 194 Å². The van der Waals surface area contributed by atoms with Gasteiger partial charge in [-0.15, -0.1) is 0 Å². The first-order chi connectivity index (χ1) is 15.5. The number of H-pyrrole nitrogens is 1. The first kappa shape index (κ1) is 21.1. The first-order valence-corrected chi connectivity index (χ1v) is 12.4. The molecule has 164 valence electrons. The van der Waals surface area contributed by atoms with E-state index in [1.54, 1.807) is 18.5 Å². The molecule has 2 fully saturated rings. The fourth-order valence-electron chi connectivity index (χ4n) is 3.58. The maximum atomic E-state index is 11.7. The van der Waals surface area contributed by atoms with E-state index in [2.05, 4.69) is 31.1 Å². The maximum Gasteiger partial charge on any atom is 0.223 e. The van der Waals surface area contributed by atoms with Crippen LogP contribution in [0.15, 0.2) is 30.5 Å². The molecule has 0 amide bonds. The van der Waals surface area contributed by atoms with Crippen LogP contribution in [0.3, 0.4) is 0 Å². The van der Waals surface area contributed by atoms with Gasteiger partial charge in [-0.05, 0) is 37.8 Å². The summed E-state index contributed by atoms with van der Waals surface area (Å²) in [6, 6.07) is 9.74. The van der Waals surface area contributed by atoms with Crippen LogP contribution in [-0.2, 0) is 11.4 Å². The molecule has 10 heteroatoms. The van der Waals surface area contributed by atoms with E-state index in [1.807, 2.05) is 18.2 Å². The number of hydrogen-bond acceptors (Lipinski definition) is 7. The van der Waals surface area contributed by atoms with Gasteiger partial charge in [0.1, 0.15) is 17.8 Å². The van der Waals surface area contributed by atoms with E-state index in [1.165, 1.54) is 0 Å².